The van der Waals surface area contributed by atoms with Crippen LogP contribution in [0.15, 0.2) is 40.7 Å². The number of β-lactam (4-membered cyclic amide) rings is 1. The van der Waals surface area contributed by atoms with Crippen molar-refractivity contribution in [3.63, 3.8) is 0 Å². The zero-order valence-electron chi connectivity index (χ0n) is 18.5. The average molecular weight is 498 g/mol. The summed E-state index contributed by atoms with van der Waals surface area (Å²) < 4.78 is 12.5. The van der Waals surface area contributed by atoms with Gasteiger partial charge in [-0.15, -0.1) is 5.10 Å². The molecule has 174 valence electrons. The predicted octanol–water partition coefficient (Wildman–Crippen LogP) is -5.08. The molecule has 3 heterocycles. The summed E-state index contributed by atoms with van der Waals surface area (Å²) in [5, 5.41) is 35.3. The predicted molar refractivity (Wildman–Crippen MR) is 108 cm³/mol. The number of nitrogens with zero attached hydrogens (tertiary/aromatic N) is 5. The second-order valence-electron chi connectivity index (χ2n) is 7.28. The molecule has 2 aliphatic rings. The molecule has 0 saturated carbocycles. The summed E-state index contributed by atoms with van der Waals surface area (Å²) in [5.41, 5.74) is -1.31. The number of aromatic nitrogens is 4. The Morgan fingerprint density at radius 2 is 2.09 bits per heavy atom. The zero-order chi connectivity index (χ0) is 23.8. The van der Waals surface area contributed by atoms with Crippen LogP contribution in [0.5, 0.6) is 5.75 Å². The molecule has 2 N–H and O–H groups in total. The third kappa shape index (κ3) is 4.69. The summed E-state index contributed by atoms with van der Waals surface area (Å²) in [6.45, 7) is -0.130. The molecule has 2 aromatic rings. The molecular formula is C19H19N6NaO7S. The van der Waals surface area contributed by atoms with Crippen LogP contribution in [0, 0.1) is 0 Å². The maximum Gasteiger partial charge on any atom is 1.00 e. The van der Waals surface area contributed by atoms with Gasteiger partial charge in [0.25, 0.3) is 11.6 Å². The molecule has 2 aliphatic heterocycles. The molecule has 1 fully saturated rings. The van der Waals surface area contributed by atoms with Gasteiger partial charge in [-0.2, -0.15) is 0 Å². The number of benzene rings is 1. The van der Waals surface area contributed by atoms with Gasteiger partial charge in [-0.25, -0.2) is 4.68 Å². The largest absolute Gasteiger partial charge is 1.00 e. The van der Waals surface area contributed by atoms with Crippen molar-refractivity contribution in [2.24, 2.45) is 7.05 Å². The standard InChI is InChI=1S/C19H20N6O7S.Na/c1-24-18(21-22-23-24)33-9-11-8-32-17-19(31-2,16(30)25(17)14(11)15(28)29)20-13(27)7-10-3-5-12(26)6-4-10;/h3-6,17,26H,7-9H2,1-2H3,(H,20,27)(H,28,29);/q;+1/p-1/t17?,19-;/m0./s1. The van der Waals surface area contributed by atoms with Gasteiger partial charge in [-0.05, 0) is 33.7 Å². The third-order valence-electron chi connectivity index (χ3n) is 5.21. The molecule has 1 aromatic carbocycles. The number of carboxylic acid groups (broad SMARTS) is 1. The maximum absolute atomic E-state index is 13.0. The Morgan fingerprint density at radius 1 is 1.38 bits per heavy atom. The van der Waals surface area contributed by atoms with Crippen molar-refractivity contribution in [1.29, 1.82) is 0 Å². The van der Waals surface area contributed by atoms with Crippen molar-refractivity contribution in [3.05, 3.63) is 41.1 Å². The molecule has 2 atom stereocenters. The van der Waals surface area contributed by atoms with E-state index < -0.39 is 29.7 Å². The minimum absolute atomic E-state index is 0. The number of hydrogen-bond donors (Lipinski definition) is 2. The number of aliphatic carboxylic acids is 1. The molecular weight excluding hydrogens is 479 g/mol. The van der Waals surface area contributed by atoms with Gasteiger partial charge >= 0.3 is 29.6 Å². The summed E-state index contributed by atoms with van der Waals surface area (Å²) in [5.74, 6) is -2.70. The number of rotatable bonds is 8. The quantitative estimate of drug-likeness (QED) is 0.154. The molecule has 15 heteroatoms. The molecule has 4 rings (SSSR count). The number of tetrazole rings is 1. The summed E-state index contributed by atoms with van der Waals surface area (Å²) in [6.07, 6.45) is -1.28. The topological polar surface area (TPSA) is 172 Å². The Kier molecular flexibility index (Phi) is 8.00. The van der Waals surface area contributed by atoms with E-state index in [0.29, 0.717) is 16.3 Å². The molecule has 0 radical (unpaired) electrons. The number of phenolic OH excluding ortho intramolecular Hbond substituents is 1. The number of fused-ring (bicyclic) bond motifs is 1. The van der Waals surface area contributed by atoms with Gasteiger partial charge in [0, 0.05) is 19.9 Å². The Hall–Kier alpha value is -2.49. The second kappa shape index (κ2) is 10.4. The molecule has 0 spiro atoms. The Bertz CT molecular complexity index is 1140. The van der Waals surface area contributed by atoms with Gasteiger partial charge in [0.1, 0.15) is 5.75 Å². The molecule has 0 aliphatic carbocycles. The minimum atomic E-state index is -1.87. The number of methoxy groups -OCH3 is 1. The minimum Gasteiger partial charge on any atom is -0.543 e. The van der Waals surface area contributed by atoms with Gasteiger partial charge in [0.15, 0.2) is 6.23 Å². The van der Waals surface area contributed by atoms with E-state index in [4.69, 9.17) is 9.47 Å². The van der Waals surface area contributed by atoms with Crippen LogP contribution in [0.25, 0.3) is 0 Å². The van der Waals surface area contributed by atoms with E-state index in [9.17, 15) is 24.6 Å². The van der Waals surface area contributed by atoms with Crippen LogP contribution in [0.3, 0.4) is 0 Å². The number of aromatic hydroxyl groups is 1. The summed E-state index contributed by atoms with van der Waals surface area (Å²) in [7, 11) is 2.85. The number of carbonyl (C=O) groups is 3. The molecule has 0 bridgehead atoms. The average Bonchev–Trinajstić information content (AvgIpc) is 3.21. The van der Waals surface area contributed by atoms with E-state index in [1.54, 1.807) is 19.2 Å². The number of phenols is 1. The Labute approximate surface area is 219 Å². The van der Waals surface area contributed by atoms with Crippen molar-refractivity contribution in [3.8, 4) is 5.75 Å². The van der Waals surface area contributed by atoms with E-state index in [1.807, 2.05) is 0 Å². The van der Waals surface area contributed by atoms with E-state index in [-0.39, 0.29) is 59.8 Å². The fourth-order valence-electron chi connectivity index (χ4n) is 3.59. The van der Waals surface area contributed by atoms with Gasteiger partial charge in [-0.3, -0.25) is 14.5 Å². The van der Waals surface area contributed by atoms with E-state index in [0.717, 1.165) is 4.90 Å². The molecule has 34 heavy (non-hydrogen) atoms. The van der Waals surface area contributed by atoms with Gasteiger partial charge in [0.2, 0.25) is 11.1 Å². The molecule has 1 aromatic heterocycles. The van der Waals surface area contributed by atoms with Crippen LogP contribution in [0.4, 0.5) is 0 Å². The number of carboxylic acids is 1. The van der Waals surface area contributed by atoms with Gasteiger partial charge in [0.05, 0.1) is 24.7 Å². The monoisotopic (exact) mass is 498 g/mol. The smallest absolute Gasteiger partial charge is 0.543 e. The number of amides is 2. The summed E-state index contributed by atoms with van der Waals surface area (Å²) in [6, 6.07) is 5.99. The van der Waals surface area contributed by atoms with Crippen LogP contribution in [0.2, 0.25) is 0 Å². The van der Waals surface area contributed by atoms with E-state index in [2.05, 4.69) is 20.8 Å². The van der Waals surface area contributed by atoms with Crippen molar-refractivity contribution >= 4 is 29.5 Å². The summed E-state index contributed by atoms with van der Waals surface area (Å²) >= 11 is 1.17. The SMILES string of the molecule is CO[C@@]1(NC(=O)Cc2ccc(O)cc2)C(=O)N2C(C(=O)[O-])=C(CSc3nnnn3C)COC21.[Na+]. The van der Waals surface area contributed by atoms with Crippen molar-refractivity contribution in [2.75, 3.05) is 19.5 Å². The fourth-order valence-corrected chi connectivity index (χ4v) is 4.43. The van der Waals surface area contributed by atoms with E-state index in [1.165, 1.54) is 35.7 Å². The first kappa shape index (κ1) is 26.1. The number of hydrogen-bond acceptors (Lipinski definition) is 11. The zero-order valence-corrected chi connectivity index (χ0v) is 21.4. The maximum atomic E-state index is 13.0. The third-order valence-corrected chi connectivity index (χ3v) is 6.31. The Morgan fingerprint density at radius 3 is 2.68 bits per heavy atom. The fraction of sp³-hybridized carbons (Fsp3) is 0.368. The van der Waals surface area contributed by atoms with Gasteiger partial charge in [-0.1, -0.05) is 23.9 Å². The van der Waals surface area contributed by atoms with Crippen molar-refractivity contribution in [2.45, 2.75) is 23.5 Å². The second-order valence-corrected chi connectivity index (χ2v) is 8.23. The molecule has 2 amide bonds. The Balaban J connectivity index is 0.00000324. The molecule has 1 unspecified atom stereocenters. The number of aryl methyl sites for hydroxylation is 1. The van der Waals surface area contributed by atoms with E-state index >= 15 is 0 Å². The number of ether oxygens (including phenoxy) is 2. The molecule has 1 saturated heterocycles. The number of carbonyl (C=O) groups excluding carboxylic acids is 3. The van der Waals surface area contributed by atoms with Gasteiger partial charge < -0.3 is 29.8 Å². The van der Waals surface area contributed by atoms with Crippen LogP contribution in [-0.2, 0) is 37.3 Å². The first-order valence-electron chi connectivity index (χ1n) is 9.64. The first-order chi connectivity index (χ1) is 15.8. The van der Waals surface area contributed by atoms with Crippen LogP contribution >= 0.6 is 11.8 Å². The van der Waals surface area contributed by atoms with Crippen molar-refractivity contribution < 1.29 is 63.6 Å². The summed E-state index contributed by atoms with van der Waals surface area (Å²) in [4.78, 5) is 38.4. The van der Waals surface area contributed by atoms with Crippen molar-refractivity contribution in [1.82, 2.24) is 30.4 Å². The normalized spacial score (nSPS) is 21.4. The van der Waals surface area contributed by atoms with Crippen LogP contribution < -0.4 is 40.0 Å². The first-order valence-corrected chi connectivity index (χ1v) is 10.6. The molecule has 13 nitrogen and oxygen atoms in total. The number of nitrogens with one attached hydrogen (secondary N) is 1. The number of thioether (sulfide) groups is 1. The van der Waals surface area contributed by atoms with Crippen LogP contribution in [-0.4, -0.2) is 79.4 Å². The van der Waals surface area contributed by atoms with Crippen LogP contribution in [0.1, 0.15) is 5.56 Å².